The Hall–Kier alpha value is -3.26. The monoisotopic (exact) mass is 438 g/mol. The summed E-state index contributed by atoms with van der Waals surface area (Å²) >= 11 is 0. The molecule has 0 radical (unpaired) electrons. The molecule has 4 heterocycles. The lowest BCUT2D eigenvalue weighted by Gasteiger charge is -2.46. The summed E-state index contributed by atoms with van der Waals surface area (Å²) in [7, 11) is 0. The lowest BCUT2D eigenvalue weighted by molar-refractivity contribution is -0.123. The van der Waals surface area contributed by atoms with Crippen LogP contribution in [-0.4, -0.2) is 58.1 Å². The molecule has 1 fully saturated rings. The Morgan fingerprint density at radius 1 is 1.25 bits per heavy atom. The van der Waals surface area contributed by atoms with Crippen LogP contribution in [0.15, 0.2) is 60.0 Å². The smallest absolute Gasteiger partial charge is 0.290 e. The van der Waals surface area contributed by atoms with Crippen LogP contribution in [0.3, 0.4) is 0 Å². The Morgan fingerprint density at radius 2 is 2.06 bits per heavy atom. The number of amides is 1. The first-order chi connectivity index (χ1) is 15.6. The fourth-order valence-corrected chi connectivity index (χ4v) is 4.82. The highest BCUT2D eigenvalue weighted by molar-refractivity contribution is 5.76. The fourth-order valence-electron chi connectivity index (χ4n) is 4.82. The summed E-state index contributed by atoms with van der Waals surface area (Å²) in [5.74, 6) is 0.707. The molecular formula is C24H30N4O4. The molecule has 3 atom stereocenters. The molecule has 2 bridgehead atoms. The summed E-state index contributed by atoms with van der Waals surface area (Å²) in [5.41, 5.74) is 2.04. The number of aromatic nitrogens is 2. The lowest BCUT2D eigenvalue weighted by Crippen LogP contribution is -2.52. The Morgan fingerprint density at radius 3 is 2.78 bits per heavy atom. The first-order valence-electron chi connectivity index (χ1n) is 10.9. The molecule has 1 amide bonds. The molecule has 2 aromatic rings. The minimum absolute atomic E-state index is 0.00191. The number of likely N-dealkylation sites (tertiary alicyclic amines) is 1. The number of hydrogen-bond donors (Lipinski definition) is 2. The van der Waals surface area contributed by atoms with E-state index in [0.717, 1.165) is 37.4 Å². The summed E-state index contributed by atoms with van der Waals surface area (Å²) in [4.78, 5) is 40.2. The van der Waals surface area contributed by atoms with Crippen molar-refractivity contribution in [3.63, 3.8) is 0 Å². The molecule has 8 heteroatoms. The highest BCUT2D eigenvalue weighted by atomic mass is 16.3. The number of rotatable bonds is 7. The Kier molecular flexibility index (Phi) is 8.33. The van der Waals surface area contributed by atoms with Crippen LogP contribution >= 0.6 is 0 Å². The number of fused-ring (bicyclic) bond motifs is 4. The Balaban J connectivity index is 0.000000913. The van der Waals surface area contributed by atoms with Crippen LogP contribution in [-0.2, 0) is 16.0 Å². The van der Waals surface area contributed by atoms with E-state index in [-0.39, 0.29) is 24.0 Å². The van der Waals surface area contributed by atoms with Gasteiger partial charge in [-0.15, -0.1) is 6.58 Å². The average Bonchev–Trinajstić information content (AvgIpc) is 2.79. The van der Waals surface area contributed by atoms with Gasteiger partial charge in [0.1, 0.15) is 0 Å². The van der Waals surface area contributed by atoms with Gasteiger partial charge in [-0.05, 0) is 37.0 Å². The minimum Gasteiger partial charge on any atom is -0.483 e. The molecule has 4 rings (SSSR count). The van der Waals surface area contributed by atoms with Crippen molar-refractivity contribution in [1.29, 1.82) is 0 Å². The molecule has 32 heavy (non-hydrogen) atoms. The summed E-state index contributed by atoms with van der Waals surface area (Å²) in [6.07, 6.45) is 5.76. The van der Waals surface area contributed by atoms with Crippen molar-refractivity contribution in [1.82, 2.24) is 19.8 Å². The number of carbonyl (C=O) groups is 2. The molecule has 0 aliphatic carbocycles. The summed E-state index contributed by atoms with van der Waals surface area (Å²) in [5, 5.41) is 9.96. The zero-order valence-corrected chi connectivity index (χ0v) is 18.1. The normalized spacial score (nSPS) is 21.4. The van der Waals surface area contributed by atoms with Gasteiger partial charge < -0.3 is 15.0 Å². The highest BCUT2D eigenvalue weighted by Crippen LogP contribution is 2.40. The number of carboxylic acid groups (broad SMARTS) is 1. The van der Waals surface area contributed by atoms with E-state index >= 15 is 0 Å². The van der Waals surface area contributed by atoms with E-state index in [1.165, 1.54) is 0 Å². The molecule has 0 spiro atoms. The van der Waals surface area contributed by atoms with Gasteiger partial charge in [-0.3, -0.25) is 24.3 Å². The molecule has 2 aromatic heterocycles. The van der Waals surface area contributed by atoms with Crippen LogP contribution in [0, 0.1) is 5.92 Å². The molecule has 0 unspecified atom stereocenters. The third kappa shape index (κ3) is 5.70. The van der Waals surface area contributed by atoms with E-state index in [2.05, 4.69) is 27.8 Å². The summed E-state index contributed by atoms with van der Waals surface area (Å²) in [6.45, 7) is 6.84. The third-order valence-electron chi connectivity index (χ3n) is 6.10. The van der Waals surface area contributed by atoms with E-state index in [0.29, 0.717) is 31.2 Å². The van der Waals surface area contributed by atoms with Gasteiger partial charge in [0.25, 0.3) is 12.0 Å². The van der Waals surface area contributed by atoms with Crippen molar-refractivity contribution < 1.29 is 14.7 Å². The van der Waals surface area contributed by atoms with Crippen molar-refractivity contribution >= 4 is 12.4 Å². The maximum atomic E-state index is 12.7. The van der Waals surface area contributed by atoms with Gasteiger partial charge in [0.05, 0.1) is 6.04 Å². The van der Waals surface area contributed by atoms with Crippen LogP contribution in [0.2, 0.25) is 0 Å². The number of nitrogens with one attached hydrogen (secondary N) is 1. The molecule has 1 saturated heterocycles. The second-order valence-corrected chi connectivity index (χ2v) is 8.16. The number of piperidine rings is 1. The average molecular weight is 439 g/mol. The molecular weight excluding hydrogens is 408 g/mol. The Bertz CT molecular complexity index is 975. The number of hydrogen-bond acceptors (Lipinski definition) is 5. The van der Waals surface area contributed by atoms with E-state index in [9.17, 15) is 9.59 Å². The Labute approximate surface area is 187 Å². The quantitative estimate of drug-likeness (QED) is 0.505. The summed E-state index contributed by atoms with van der Waals surface area (Å²) in [6, 6.07) is 11.3. The fraction of sp³-hybridized carbons (Fsp3) is 0.417. The number of pyridine rings is 2. The van der Waals surface area contributed by atoms with Crippen molar-refractivity contribution in [2.24, 2.45) is 5.92 Å². The topological polar surface area (TPSA) is 105 Å². The lowest BCUT2D eigenvalue weighted by atomic mass is 9.78. The van der Waals surface area contributed by atoms with Crippen LogP contribution < -0.4 is 10.9 Å². The maximum Gasteiger partial charge on any atom is 0.290 e. The van der Waals surface area contributed by atoms with E-state index in [4.69, 9.17) is 9.90 Å². The van der Waals surface area contributed by atoms with Crippen LogP contribution in [0.1, 0.15) is 36.2 Å². The molecule has 2 aliphatic heterocycles. The van der Waals surface area contributed by atoms with Crippen molar-refractivity contribution in [3.8, 4) is 0 Å². The molecule has 0 saturated carbocycles. The van der Waals surface area contributed by atoms with Gasteiger partial charge in [0.2, 0.25) is 5.91 Å². The van der Waals surface area contributed by atoms with Crippen molar-refractivity contribution in [2.75, 3.05) is 26.2 Å². The van der Waals surface area contributed by atoms with Crippen LogP contribution in [0.25, 0.3) is 0 Å². The van der Waals surface area contributed by atoms with Crippen molar-refractivity contribution in [2.45, 2.75) is 31.2 Å². The van der Waals surface area contributed by atoms with Gasteiger partial charge in [-0.25, -0.2) is 0 Å². The minimum atomic E-state index is -0.250. The van der Waals surface area contributed by atoms with E-state index < -0.39 is 0 Å². The van der Waals surface area contributed by atoms with E-state index in [1.807, 2.05) is 34.9 Å². The highest BCUT2D eigenvalue weighted by Gasteiger charge is 2.40. The van der Waals surface area contributed by atoms with Crippen LogP contribution in [0.5, 0.6) is 0 Å². The SMILES string of the molecule is C=CCN1C[C@H]2C[C@@H](C1)[C@H](CNC(=O)CCc1ccccn1)n1c2cccc1=O.O=CO. The number of carbonyl (C=O) groups excluding carboxylic acids is 1. The van der Waals surface area contributed by atoms with E-state index in [1.54, 1.807) is 12.3 Å². The maximum absolute atomic E-state index is 12.7. The molecule has 8 nitrogen and oxygen atoms in total. The molecule has 2 aliphatic rings. The standard InChI is InChI=1S/C23H28N4O2.CH2O2/c1-2-12-26-15-17-13-18(16-26)21(27-20(17)7-5-8-23(27)29)14-25-22(28)10-9-19-6-3-4-11-24-19;2-1-3/h2-8,11,17-18,21H,1,9-10,12-16H2,(H,25,28);1H,(H,2,3)/t17-,18+,21+;/m1./s1. The van der Waals surface area contributed by atoms with Gasteiger partial charge in [-0.2, -0.15) is 0 Å². The zero-order valence-electron chi connectivity index (χ0n) is 18.1. The predicted molar refractivity (Wildman–Crippen MR) is 121 cm³/mol. The van der Waals surface area contributed by atoms with Crippen molar-refractivity contribution in [3.05, 3.63) is 77.0 Å². The van der Waals surface area contributed by atoms with Gasteiger partial charge in [0.15, 0.2) is 0 Å². The van der Waals surface area contributed by atoms with Gasteiger partial charge in [0, 0.05) is 62.2 Å². The second kappa shape index (κ2) is 11.4. The first-order valence-corrected chi connectivity index (χ1v) is 10.9. The third-order valence-corrected chi connectivity index (χ3v) is 6.10. The van der Waals surface area contributed by atoms with Gasteiger partial charge in [-0.1, -0.05) is 18.2 Å². The zero-order chi connectivity index (χ0) is 22.9. The number of aryl methyl sites for hydroxylation is 1. The second-order valence-electron chi connectivity index (χ2n) is 8.16. The molecule has 170 valence electrons. The number of nitrogens with zero attached hydrogens (tertiary/aromatic N) is 3. The molecule has 2 N–H and O–H groups in total. The van der Waals surface area contributed by atoms with Crippen LogP contribution in [0.4, 0.5) is 0 Å². The van der Waals surface area contributed by atoms with Gasteiger partial charge >= 0.3 is 0 Å². The molecule has 0 aromatic carbocycles. The first kappa shape index (κ1) is 23.4. The largest absolute Gasteiger partial charge is 0.483 e. The summed E-state index contributed by atoms with van der Waals surface area (Å²) < 4.78 is 1.93. The predicted octanol–water partition coefficient (Wildman–Crippen LogP) is 1.84.